The lowest BCUT2D eigenvalue weighted by Gasteiger charge is -2.09. The molecule has 1 saturated heterocycles. The highest BCUT2D eigenvalue weighted by molar-refractivity contribution is 8.01. The first-order valence-corrected chi connectivity index (χ1v) is 11.4. The van der Waals surface area contributed by atoms with Crippen LogP contribution in [0.1, 0.15) is 12.0 Å². The van der Waals surface area contributed by atoms with E-state index >= 15 is 0 Å². The smallest absolute Gasteiger partial charge is 0.230 e. The van der Waals surface area contributed by atoms with Crippen LogP contribution in [-0.2, 0) is 21.2 Å². The molecule has 0 bridgehead atoms. The van der Waals surface area contributed by atoms with Gasteiger partial charge in [0.25, 0.3) is 0 Å². The molecule has 1 fully saturated rings. The van der Waals surface area contributed by atoms with Gasteiger partial charge in [-0.25, -0.2) is 8.42 Å². The van der Waals surface area contributed by atoms with Crippen LogP contribution < -0.4 is 10.6 Å². The van der Waals surface area contributed by atoms with Crippen molar-refractivity contribution in [2.45, 2.75) is 23.3 Å². The van der Waals surface area contributed by atoms with Gasteiger partial charge in [-0.3, -0.25) is 4.79 Å². The summed E-state index contributed by atoms with van der Waals surface area (Å²) in [5.41, 5.74) is 1.15. The van der Waals surface area contributed by atoms with Crippen molar-refractivity contribution >= 4 is 44.0 Å². The maximum atomic E-state index is 11.9. The molecule has 0 saturated carbocycles. The average molecular weight is 399 g/mol. The van der Waals surface area contributed by atoms with Gasteiger partial charge in [-0.1, -0.05) is 53.4 Å². The number of anilines is 1. The van der Waals surface area contributed by atoms with Gasteiger partial charge in [0, 0.05) is 12.6 Å². The standard InChI is InChI=1S/C15H18N4O3S3/c20-13(17-12-6-7-25(21,22)10-12)9-23-15-19-18-14(24-15)16-8-11-4-2-1-3-5-11/h1-5,12H,6-10H2,(H,16,18)(H,17,20)/t12-/m0/s1. The van der Waals surface area contributed by atoms with Crippen molar-refractivity contribution in [2.24, 2.45) is 0 Å². The fourth-order valence-electron chi connectivity index (χ4n) is 2.42. The summed E-state index contributed by atoms with van der Waals surface area (Å²) >= 11 is 2.69. The zero-order valence-corrected chi connectivity index (χ0v) is 15.8. The first-order valence-electron chi connectivity index (χ1n) is 7.74. The van der Waals surface area contributed by atoms with Gasteiger partial charge in [0.1, 0.15) is 0 Å². The van der Waals surface area contributed by atoms with Crippen molar-refractivity contribution in [1.29, 1.82) is 0 Å². The van der Waals surface area contributed by atoms with Crippen molar-refractivity contribution in [2.75, 3.05) is 22.6 Å². The van der Waals surface area contributed by atoms with E-state index in [0.29, 0.717) is 22.4 Å². The number of carbonyl (C=O) groups is 1. The Morgan fingerprint density at radius 1 is 1.28 bits per heavy atom. The average Bonchev–Trinajstić information content (AvgIpc) is 3.18. The van der Waals surface area contributed by atoms with E-state index in [9.17, 15) is 13.2 Å². The van der Waals surface area contributed by atoms with Crippen LogP contribution in [0.3, 0.4) is 0 Å². The monoisotopic (exact) mass is 398 g/mol. The topological polar surface area (TPSA) is 101 Å². The molecule has 1 amide bonds. The number of aromatic nitrogens is 2. The van der Waals surface area contributed by atoms with Gasteiger partial charge in [-0.2, -0.15) is 0 Å². The molecule has 1 aliphatic rings. The highest BCUT2D eigenvalue weighted by atomic mass is 32.2. The van der Waals surface area contributed by atoms with Crippen molar-refractivity contribution < 1.29 is 13.2 Å². The second-order valence-electron chi connectivity index (χ2n) is 5.67. The molecule has 0 unspecified atom stereocenters. The van der Waals surface area contributed by atoms with E-state index < -0.39 is 9.84 Å². The van der Waals surface area contributed by atoms with E-state index in [1.807, 2.05) is 30.3 Å². The van der Waals surface area contributed by atoms with Crippen LogP contribution in [0.5, 0.6) is 0 Å². The lowest BCUT2D eigenvalue weighted by Crippen LogP contribution is -2.36. The Morgan fingerprint density at radius 2 is 2.08 bits per heavy atom. The third kappa shape index (κ3) is 5.68. The minimum absolute atomic E-state index is 0.0375. The Balaban J connectivity index is 1.41. The second kappa shape index (κ2) is 8.15. The molecule has 1 atom stereocenters. The van der Waals surface area contributed by atoms with E-state index in [2.05, 4.69) is 20.8 Å². The number of nitrogens with one attached hydrogen (secondary N) is 2. The summed E-state index contributed by atoms with van der Waals surface area (Å²) in [5.74, 6) is 0.207. The molecule has 2 N–H and O–H groups in total. The summed E-state index contributed by atoms with van der Waals surface area (Å²) < 4.78 is 23.5. The Hall–Kier alpha value is -1.65. The molecular formula is C15H18N4O3S3. The first kappa shape index (κ1) is 18.2. The zero-order chi connectivity index (χ0) is 17.7. The number of carbonyl (C=O) groups excluding carboxylic acids is 1. The molecule has 1 aromatic carbocycles. The summed E-state index contributed by atoms with van der Waals surface area (Å²) in [5, 5.41) is 14.8. The van der Waals surface area contributed by atoms with Crippen LogP contribution in [0.15, 0.2) is 34.7 Å². The largest absolute Gasteiger partial charge is 0.356 e. The van der Waals surface area contributed by atoms with E-state index in [4.69, 9.17) is 0 Å². The van der Waals surface area contributed by atoms with Crippen molar-refractivity contribution in [3.8, 4) is 0 Å². The number of rotatable bonds is 7. The van der Waals surface area contributed by atoms with Crippen LogP contribution in [0.2, 0.25) is 0 Å². The highest BCUT2D eigenvalue weighted by Gasteiger charge is 2.28. The molecule has 0 aliphatic carbocycles. The summed E-state index contributed by atoms with van der Waals surface area (Å²) in [6.45, 7) is 0.663. The van der Waals surface area contributed by atoms with Crippen molar-refractivity contribution in [3.63, 3.8) is 0 Å². The van der Waals surface area contributed by atoms with E-state index in [1.54, 1.807) is 0 Å². The SMILES string of the molecule is O=C(CSc1nnc(NCc2ccccc2)s1)N[C@H]1CCS(=O)(=O)C1. The highest BCUT2D eigenvalue weighted by Crippen LogP contribution is 2.25. The summed E-state index contributed by atoms with van der Waals surface area (Å²) in [6.07, 6.45) is 0.491. The fraction of sp³-hybridized carbons (Fsp3) is 0.400. The van der Waals surface area contributed by atoms with Crippen LogP contribution >= 0.6 is 23.1 Å². The lowest BCUT2D eigenvalue weighted by molar-refractivity contribution is -0.119. The predicted molar refractivity (Wildman–Crippen MR) is 99.6 cm³/mol. The van der Waals surface area contributed by atoms with Crippen molar-refractivity contribution in [3.05, 3.63) is 35.9 Å². The van der Waals surface area contributed by atoms with Gasteiger partial charge < -0.3 is 10.6 Å². The Labute approximate surface area is 154 Å². The molecule has 7 nitrogen and oxygen atoms in total. The van der Waals surface area contributed by atoms with E-state index in [0.717, 1.165) is 5.56 Å². The third-order valence-electron chi connectivity index (χ3n) is 3.62. The molecule has 3 rings (SSSR count). The van der Waals surface area contributed by atoms with Crippen LogP contribution in [-0.4, -0.2) is 47.8 Å². The fourth-order valence-corrected chi connectivity index (χ4v) is 5.65. The van der Waals surface area contributed by atoms with Gasteiger partial charge in [-0.15, -0.1) is 10.2 Å². The van der Waals surface area contributed by atoms with Gasteiger partial charge in [0.2, 0.25) is 11.0 Å². The van der Waals surface area contributed by atoms with E-state index in [-0.39, 0.29) is 29.2 Å². The molecule has 1 aromatic heterocycles. The summed E-state index contributed by atoms with van der Waals surface area (Å²) in [6, 6.07) is 9.71. The molecular weight excluding hydrogens is 380 g/mol. The molecule has 25 heavy (non-hydrogen) atoms. The Bertz CT molecular complexity index is 824. The number of thioether (sulfide) groups is 1. The molecule has 10 heteroatoms. The van der Waals surface area contributed by atoms with Gasteiger partial charge >= 0.3 is 0 Å². The van der Waals surface area contributed by atoms with Crippen molar-refractivity contribution in [1.82, 2.24) is 15.5 Å². The van der Waals surface area contributed by atoms with Gasteiger partial charge in [-0.05, 0) is 12.0 Å². The molecule has 0 spiro atoms. The minimum atomic E-state index is -2.98. The number of sulfone groups is 1. The molecule has 1 aliphatic heterocycles. The number of hydrogen-bond acceptors (Lipinski definition) is 8. The van der Waals surface area contributed by atoms with Gasteiger partial charge in [0.15, 0.2) is 14.2 Å². The first-order chi connectivity index (χ1) is 12.0. The van der Waals surface area contributed by atoms with Crippen LogP contribution in [0, 0.1) is 0 Å². The number of benzene rings is 1. The summed E-state index contributed by atoms with van der Waals surface area (Å²) in [7, 11) is -2.98. The Kier molecular flexibility index (Phi) is 5.92. The zero-order valence-electron chi connectivity index (χ0n) is 13.3. The summed E-state index contributed by atoms with van der Waals surface area (Å²) in [4.78, 5) is 11.9. The lowest BCUT2D eigenvalue weighted by atomic mass is 10.2. The maximum Gasteiger partial charge on any atom is 0.230 e. The molecule has 2 aromatic rings. The molecule has 134 valence electrons. The van der Waals surface area contributed by atoms with Crippen LogP contribution in [0.4, 0.5) is 5.13 Å². The number of nitrogens with zero attached hydrogens (tertiary/aromatic N) is 2. The predicted octanol–water partition coefficient (Wildman–Crippen LogP) is 1.55. The second-order valence-corrected chi connectivity index (χ2v) is 10.1. The molecule has 2 heterocycles. The maximum absolute atomic E-state index is 11.9. The Morgan fingerprint density at radius 3 is 2.80 bits per heavy atom. The quantitative estimate of drug-likeness (QED) is 0.682. The minimum Gasteiger partial charge on any atom is -0.356 e. The van der Waals surface area contributed by atoms with Crippen LogP contribution in [0.25, 0.3) is 0 Å². The van der Waals surface area contributed by atoms with E-state index in [1.165, 1.54) is 23.1 Å². The third-order valence-corrected chi connectivity index (χ3v) is 7.40. The van der Waals surface area contributed by atoms with Gasteiger partial charge in [0.05, 0.1) is 17.3 Å². The number of hydrogen-bond donors (Lipinski definition) is 2. The number of amides is 1. The molecule has 0 radical (unpaired) electrons. The normalized spacial score (nSPS) is 18.8.